The fraction of sp³-hybridized carbons (Fsp3) is 0.462. The number of aliphatic hydroxyl groups excluding tert-OH is 1. The van der Waals surface area contributed by atoms with Gasteiger partial charge < -0.3 is 10.2 Å². The van der Waals surface area contributed by atoms with Gasteiger partial charge in [0, 0.05) is 4.90 Å². The Morgan fingerprint density at radius 3 is 2.53 bits per heavy atom. The van der Waals surface area contributed by atoms with E-state index in [0.717, 1.165) is 25.0 Å². The van der Waals surface area contributed by atoms with E-state index in [1.165, 1.54) is 4.90 Å². The van der Waals surface area contributed by atoms with Crippen LogP contribution in [0, 0.1) is 0 Å². The molecule has 1 rings (SSSR count). The van der Waals surface area contributed by atoms with Crippen LogP contribution < -0.4 is 0 Å². The molecule has 0 fully saturated rings. The summed E-state index contributed by atoms with van der Waals surface area (Å²) in [6.45, 7) is 0. The Morgan fingerprint density at radius 2 is 1.88 bits per heavy atom. The van der Waals surface area contributed by atoms with Gasteiger partial charge >= 0.3 is 5.97 Å². The molecule has 0 spiro atoms. The summed E-state index contributed by atoms with van der Waals surface area (Å²) in [6.07, 6.45) is 1.93. The topological polar surface area (TPSA) is 57.5 Å². The number of unbranched alkanes of at least 4 members (excludes halogenated alkanes) is 2. The molecule has 1 unspecified atom stereocenters. The van der Waals surface area contributed by atoms with Crippen molar-refractivity contribution in [3.63, 3.8) is 0 Å². The first kappa shape index (κ1) is 14.1. The van der Waals surface area contributed by atoms with E-state index in [1.54, 1.807) is 11.8 Å². The molecular weight excluding hydrogens is 236 g/mol. The van der Waals surface area contributed by atoms with Crippen molar-refractivity contribution < 1.29 is 15.0 Å². The Bertz CT molecular complexity index is 327. The van der Waals surface area contributed by atoms with Gasteiger partial charge in [0.1, 0.15) is 0 Å². The van der Waals surface area contributed by atoms with Crippen molar-refractivity contribution >= 4 is 17.7 Å². The van der Waals surface area contributed by atoms with Crippen molar-refractivity contribution in [2.45, 2.75) is 36.7 Å². The van der Waals surface area contributed by atoms with Gasteiger partial charge in [-0.1, -0.05) is 31.0 Å². The minimum atomic E-state index is -1.20. The van der Waals surface area contributed by atoms with Crippen LogP contribution in [-0.4, -0.2) is 28.0 Å². The van der Waals surface area contributed by atoms with Gasteiger partial charge in [0.05, 0.1) is 0 Å². The van der Waals surface area contributed by atoms with Crippen LogP contribution in [0.15, 0.2) is 35.2 Å². The van der Waals surface area contributed by atoms with Gasteiger partial charge in [0.15, 0.2) is 6.10 Å². The number of aliphatic carboxylic acids is 1. The molecule has 1 aromatic carbocycles. The number of benzene rings is 1. The molecular formula is C13H18O3S. The van der Waals surface area contributed by atoms with E-state index in [9.17, 15) is 4.79 Å². The van der Waals surface area contributed by atoms with Gasteiger partial charge in [-0.2, -0.15) is 0 Å². The van der Waals surface area contributed by atoms with Crippen molar-refractivity contribution in [1.82, 2.24) is 0 Å². The Labute approximate surface area is 106 Å². The summed E-state index contributed by atoms with van der Waals surface area (Å²) in [5.74, 6) is -0.0867. The fourth-order valence-electron chi connectivity index (χ4n) is 1.45. The van der Waals surface area contributed by atoms with E-state index in [0.29, 0.717) is 6.42 Å². The van der Waals surface area contributed by atoms with Gasteiger partial charge in [-0.3, -0.25) is 0 Å². The molecule has 2 N–H and O–H groups in total. The molecule has 0 heterocycles. The molecule has 0 aliphatic carbocycles. The Balaban J connectivity index is 2.00. The smallest absolute Gasteiger partial charge is 0.332 e. The van der Waals surface area contributed by atoms with E-state index in [-0.39, 0.29) is 0 Å². The standard InChI is InChI=1S/C13H18O3S/c14-12(13(15)16)9-5-2-6-10-17-11-7-3-1-4-8-11/h1,3-4,7-8,12,14H,2,5-6,9-10H2,(H,15,16). The lowest BCUT2D eigenvalue weighted by Gasteiger charge is -2.05. The lowest BCUT2D eigenvalue weighted by atomic mass is 10.1. The van der Waals surface area contributed by atoms with E-state index in [4.69, 9.17) is 10.2 Å². The van der Waals surface area contributed by atoms with Crippen LogP contribution in [-0.2, 0) is 4.79 Å². The second kappa shape index (κ2) is 8.14. The van der Waals surface area contributed by atoms with Crippen LogP contribution in [0.3, 0.4) is 0 Å². The summed E-state index contributed by atoms with van der Waals surface area (Å²) < 4.78 is 0. The van der Waals surface area contributed by atoms with Crippen LogP contribution in [0.25, 0.3) is 0 Å². The minimum Gasteiger partial charge on any atom is -0.479 e. The summed E-state index contributed by atoms with van der Waals surface area (Å²) in [7, 11) is 0. The lowest BCUT2D eigenvalue weighted by molar-refractivity contribution is -0.146. The summed E-state index contributed by atoms with van der Waals surface area (Å²) in [4.78, 5) is 11.6. The highest BCUT2D eigenvalue weighted by atomic mass is 32.2. The van der Waals surface area contributed by atoms with E-state index in [2.05, 4.69) is 12.1 Å². The van der Waals surface area contributed by atoms with Crippen molar-refractivity contribution in [1.29, 1.82) is 0 Å². The molecule has 0 saturated carbocycles. The van der Waals surface area contributed by atoms with Crippen LogP contribution >= 0.6 is 11.8 Å². The second-order valence-electron chi connectivity index (χ2n) is 3.86. The fourth-order valence-corrected chi connectivity index (χ4v) is 2.38. The van der Waals surface area contributed by atoms with Crippen molar-refractivity contribution in [2.24, 2.45) is 0 Å². The van der Waals surface area contributed by atoms with Gasteiger partial charge in [0.2, 0.25) is 0 Å². The molecule has 0 amide bonds. The number of carboxylic acid groups (broad SMARTS) is 1. The van der Waals surface area contributed by atoms with Crippen LogP contribution in [0.2, 0.25) is 0 Å². The molecule has 0 aromatic heterocycles. The molecule has 0 radical (unpaired) electrons. The third-order valence-corrected chi connectivity index (χ3v) is 3.52. The first-order valence-electron chi connectivity index (χ1n) is 5.79. The number of hydrogen-bond acceptors (Lipinski definition) is 3. The van der Waals surface area contributed by atoms with Gasteiger partial charge in [-0.25, -0.2) is 4.79 Å². The number of hydrogen-bond donors (Lipinski definition) is 2. The predicted octanol–water partition coefficient (Wildman–Crippen LogP) is 2.78. The lowest BCUT2D eigenvalue weighted by Crippen LogP contribution is -2.18. The number of carbonyl (C=O) groups is 1. The molecule has 94 valence electrons. The molecule has 0 saturated heterocycles. The Kier molecular flexibility index (Phi) is 6.74. The van der Waals surface area contributed by atoms with Gasteiger partial charge in [-0.05, 0) is 30.7 Å². The molecule has 4 heteroatoms. The number of thioether (sulfide) groups is 1. The quantitative estimate of drug-likeness (QED) is 0.553. The highest BCUT2D eigenvalue weighted by Crippen LogP contribution is 2.19. The minimum absolute atomic E-state index is 0.353. The summed E-state index contributed by atoms with van der Waals surface area (Å²) >= 11 is 1.81. The molecule has 17 heavy (non-hydrogen) atoms. The average molecular weight is 254 g/mol. The Hall–Kier alpha value is -1.00. The summed E-state index contributed by atoms with van der Waals surface area (Å²) in [5.41, 5.74) is 0. The number of carboxylic acids is 1. The van der Waals surface area contributed by atoms with Gasteiger partial charge in [-0.15, -0.1) is 11.8 Å². The number of aliphatic hydroxyl groups is 1. The maximum absolute atomic E-state index is 10.4. The van der Waals surface area contributed by atoms with Crippen molar-refractivity contribution in [3.8, 4) is 0 Å². The first-order chi connectivity index (χ1) is 8.20. The molecule has 0 aliphatic heterocycles. The summed E-state index contributed by atoms with van der Waals surface area (Å²) in [5, 5.41) is 17.5. The maximum Gasteiger partial charge on any atom is 0.332 e. The highest BCUT2D eigenvalue weighted by Gasteiger charge is 2.11. The predicted molar refractivity (Wildman–Crippen MR) is 69.3 cm³/mol. The van der Waals surface area contributed by atoms with Crippen molar-refractivity contribution in [3.05, 3.63) is 30.3 Å². The zero-order valence-electron chi connectivity index (χ0n) is 9.71. The molecule has 1 atom stereocenters. The van der Waals surface area contributed by atoms with Crippen LogP contribution in [0.4, 0.5) is 0 Å². The first-order valence-corrected chi connectivity index (χ1v) is 6.77. The van der Waals surface area contributed by atoms with Crippen LogP contribution in [0.1, 0.15) is 25.7 Å². The maximum atomic E-state index is 10.4. The number of rotatable bonds is 8. The molecule has 1 aromatic rings. The Morgan fingerprint density at radius 1 is 1.18 bits per heavy atom. The van der Waals surface area contributed by atoms with E-state index in [1.807, 2.05) is 18.2 Å². The third-order valence-electron chi connectivity index (χ3n) is 2.42. The molecule has 3 nitrogen and oxygen atoms in total. The second-order valence-corrected chi connectivity index (χ2v) is 5.03. The average Bonchev–Trinajstić information content (AvgIpc) is 2.34. The van der Waals surface area contributed by atoms with E-state index < -0.39 is 12.1 Å². The van der Waals surface area contributed by atoms with Gasteiger partial charge in [0.25, 0.3) is 0 Å². The third kappa shape index (κ3) is 6.34. The normalized spacial score (nSPS) is 12.3. The molecule has 0 bridgehead atoms. The van der Waals surface area contributed by atoms with Crippen LogP contribution in [0.5, 0.6) is 0 Å². The zero-order chi connectivity index (χ0) is 12.5. The molecule has 0 aliphatic rings. The summed E-state index contributed by atoms with van der Waals surface area (Å²) in [6, 6.07) is 10.2. The monoisotopic (exact) mass is 254 g/mol. The highest BCUT2D eigenvalue weighted by molar-refractivity contribution is 7.99. The largest absolute Gasteiger partial charge is 0.479 e. The SMILES string of the molecule is O=C(O)C(O)CCCCCSc1ccccc1. The van der Waals surface area contributed by atoms with E-state index >= 15 is 0 Å². The van der Waals surface area contributed by atoms with Crippen molar-refractivity contribution in [2.75, 3.05) is 5.75 Å². The zero-order valence-corrected chi connectivity index (χ0v) is 10.5.